The Bertz CT molecular complexity index is 1860. The molecule has 7 rings (SSSR count). The summed E-state index contributed by atoms with van der Waals surface area (Å²) in [7, 11) is -0.609. The molecule has 352 valence electrons. The van der Waals surface area contributed by atoms with Crippen LogP contribution >= 0.6 is 0 Å². The molecule has 64 heavy (non-hydrogen) atoms. The summed E-state index contributed by atoms with van der Waals surface area (Å²) in [4.78, 5) is 77.9. The van der Waals surface area contributed by atoms with Gasteiger partial charge in [-0.1, -0.05) is 90.8 Å². The van der Waals surface area contributed by atoms with E-state index in [1.165, 1.54) is 18.4 Å². The van der Waals surface area contributed by atoms with Gasteiger partial charge in [-0.3, -0.25) is 28.8 Å². The number of nitrogens with one attached hydrogen (secondary N) is 6. The average Bonchev–Trinajstić information content (AvgIpc) is 3.65. The molecule has 6 amide bonds. The second kappa shape index (κ2) is 25.0. The fraction of sp³-hybridized carbons (Fsp3) is 0.625. The Kier molecular flexibility index (Phi) is 20.3. The number of rotatable bonds is 13. The molecule has 0 spiro atoms. The first kappa shape index (κ1) is 51.8. The Morgan fingerprint density at radius 3 is 2.16 bits per heavy atom. The monoisotopic (exact) mass is 888 g/mol. The fourth-order valence-corrected chi connectivity index (χ4v) is 9.09. The average molecular weight is 888 g/mol. The first-order chi connectivity index (χ1) is 30.7. The zero-order valence-electron chi connectivity index (χ0n) is 39.2. The summed E-state index contributed by atoms with van der Waals surface area (Å²) in [5, 5.41) is 16.0. The van der Waals surface area contributed by atoms with Crippen LogP contribution in [0.5, 0.6) is 0 Å². The van der Waals surface area contributed by atoms with Gasteiger partial charge in [0.1, 0.15) is 12.1 Å². The maximum absolute atomic E-state index is 13.3. The number of carbonyl (C=O) groups is 6. The number of aryl methyl sites for hydroxylation is 1. The summed E-state index contributed by atoms with van der Waals surface area (Å²) >= 11 is 0. The SMILES string of the molecule is CC.CCCCN.CCCCc1ccc(-c2ccc(C(=O)NCC(=O)NC3CCC(=O)NCCCC(C(=O)NCB4O[C@@H]5CC6CC(C6(C)C)[C@]5(C)O4)NC(=O)CNC3=O)cc2)cc1. The largest absolute Gasteiger partial charge is 0.478 e. The van der Waals surface area contributed by atoms with E-state index in [1.807, 2.05) is 26.0 Å². The van der Waals surface area contributed by atoms with Crippen molar-refractivity contribution in [3.63, 3.8) is 0 Å². The zero-order valence-corrected chi connectivity index (χ0v) is 39.2. The first-order valence-corrected chi connectivity index (χ1v) is 23.6. The normalized spacial score (nSPS) is 25.1. The minimum atomic E-state index is -1.16. The molecule has 0 aromatic heterocycles. The Morgan fingerprint density at radius 2 is 1.53 bits per heavy atom. The van der Waals surface area contributed by atoms with Crippen molar-refractivity contribution >= 4 is 42.6 Å². The lowest BCUT2D eigenvalue weighted by molar-refractivity contribution is -0.199. The molecule has 2 saturated heterocycles. The standard InChI is InChI=1S/C42H57BN6O8.C4H11N.C2H6/c1-5-6-8-26-10-12-27(13-11-26)28-14-16-29(17-15-28)38(53)45-23-36(51)49-32-18-19-35(50)44-20-7-9-31(48-37(52)24-46-39(32)54)40(55)47-25-43-56-34-22-30-21-33(41(30,2)3)42(34,4)57-43;1-2-3-4-5;1-2/h10-17,30-34H,5-9,18-25H2,1-4H3,(H,44,50)(H,45,53)(H,46,54)(H,47,55)(H,48,52)(H,49,51);2-5H2,1H3;1-2H3/t30?,31?,32?,33?,34-,42+;;/m1../s1. The van der Waals surface area contributed by atoms with Crippen LogP contribution in [0.3, 0.4) is 0 Å². The third-order valence-electron chi connectivity index (χ3n) is 13.0. The van der Waals surface area contributed by atoms with Crippen LogP contribution in [0.15, 0.2) is 48.5 Å². The van der Waals surface area contributed by atoms with E-state index in [2.05, 4.69) is 90.8 Å². The molecule has 2 aliphatic heterocycles. The molecule has 6 atom stereocenters. The predicted octanol–water partition coefficient (Wildman–Crippen LogP) is 4.36. The lowest BCUT2D eigenvalue weighted by Gasteiger charge is -2.64. The number of hydrogen-bond donors (Lipinski definition) is 7. The summed E-state index contributed by atoms with van der Waals surface area (Å²) in [5.41, 5.74) is 8.55. The van der Waals surface area contributed by atoms with E-state index < -0.39 is 67.4 Å². The molecule has 5 aliphatic rings. The van der Waals surface area contributed by atoms with Gasteiger partial charge in [-0.15, -0.1) is 0 Å². The summed E-state index contributed by atoms with van der Waals surface area (Å²) < 4.78 is 12.6. The lowest BCUT2D eigenvalue weighted by Crippen LogP contribution is -2.65. The van der Waals surface area contributed by atoms with E-state index in [0.717, 1.165) is 49.8 Å². The Hall–Kier alpha value is -4.80. The summed E-state index contributed by atoms with van der Waals surface area (Å²) in [6.45, 7) is 15.2. The van der Waals surface area contributed by atoms with Crippen LogP contribution in [0.25, 0.3) is 11.1 Å². The van der Waals surface area contributed by atoms with Crippen molar-refractivity contribution in [2.75, 3.05) is 32.6 Å². The molecule has 15 nitrogen and oxygen atoms in total. The molecule has 3 aliphatic carbocycles. The van der Waals surface area contributed by atoms with Crippen LogP contribution in [0.4, 0.5) is 0 Å². The summed E-state index contributed by atoms with van der Waals surface area (Å²) in [6.07, 6.45) is 8.37. The predicted molar refractivity (Wildman–Crippen MR) is 250 cm³/mol. The van der Waals surface area contributed by atoms with Crippen LogP contribution in [0.2, 0.25) is 0 Å². The molecule has 5 fully saturated rings. The number of carbonyl (C=O) groups excluding carboxylic acids is 6. The zero-order chi connectivity index (χ0) is 46.9. The second-order valence-electron chi connectivity index (χ2n) is 17.8. The molecule has 16 heteroatoms. The van der Waals surface area contributed by atoms with Gasteiger partial charge in [0.25, 0.3) is 5.91 Å². The summed E-state index contributed by atoms with van der Waals surface area (Å²) in [6, 6.07) is 13.3. The van der Waals surface area contributed by atoms with Gasteiger partial charge in [0.15, 0.2) is 0 Å². The summed E-state index contributed by atoms with van der Waals surface area (Å²) in [5.74, 6) is -2.17. The minimum Gasteiger partial charge on any atom is -0.404 e. The Balaban J connectivity index is 0.00000120. The van der Waals surface area contributed by atoms with Crippen LogP contribution in [0, 0.1) is 17.3 Å². The highest BCUT2D eigenvalue weighted by Gasteiger charge is 2.67. The highest BCUT2D eigenvalue weighted by molar-refractivity contribution is 6.46. The Labute approximate surface area is 380 Å². The highest BCUT2D eigenvalue weighted by Crippen LogP contribution is 2.65. The van der Waals surface area contributed by atoms with Gasteiger partial charge in [-0.05, 0) is 111 Å². The van der Waals surface area contributed by atoms with Crippen molar-refractivity contribution in [3.05, 3.63) is 59.7 Å². The number of amides is 6. The van der Waals surface area contributed by atoms with Crippen molar-refractivity contribution in [1.82, 2.24) is 31.9 Å². The number of nitrogens with two attached hydrogens (primary N) is 1. The molecule has 2 bridgehead atoms. The first-order valence-electron chi connectivity index (χ1n) is 23.6. The van der Waals surface area contributed by atoms with Crippen LogP contribution in [0.1, 0.15) is 129 Å². The molecular weight excluding hydrogens is 813 g/mol. The molecule has 2 aromatic rings. The molecule has 8 N–H and O–H groups in total. The maximum Gasteiger partial charge on any atom is 0.478 e. The van der Waals surface area contributed by atoms with Crippen molar-refractivity contribution in [2.45, 2.75) is 143 Å². The smallest absolute Gasteiger partial charge is 0.404 e. The van der Waals surface area contributed by atoms with Crippen LogP contribution in [-0.4, -0.2) is 99.0 Å². The third-order valence-corrected chi connectivity index (χ3v) is 13.0. The van der Waals surface area contributed by atoms with Gasteiger partial charge in [0, 0.05) is 18.5 Å². The second-order valence-corrected chi connectivity index (χ2v) is 17.8. The fourth-order valence-electron chi connectivity index (χ4n) is 9.09. The van der Waals surface area contributed by atoms with Gasteiger partial charge < -0.3 is 46.9 Å². The van der Waals surface area contributed by atoms with Crippen molar-refractivity contribution in [1.29, 1.82) is 0 Å². The van der Waals surface area contributed by atoms with Crippen molar-refractivity contribution < 1.29 is 38.1 Å². The molecule has 2 aromatic carbocycles. The van der Waals surface area contributed by atoms with Gasteiger partial charge in [-0.25, -0.2) is 0 Å². The quantitative estimate of drug-likeness (QED) is 0.142. The highest BCUT2D eigenvalue weighted by atomic mass is 16.7. The number of benzene rings is 2. The van der Waals surface area contributed by atoms with Gasteiger partial charge >= 0.3 is 7.12 Å². The van der Waals surface area contributed by atoms with E-state index in [1.54, 1.807) is 12.1 Å². The third kappa shape index (κ3) is 14.1. The van der Waals surface area contributed by atoms with Gasteiger partial charge in [0.05, 0.1) is 31.2 Å². The van der Waals surface area contributed by atoms with Gasteiger partial charge in [-0.2, -0.15) is 0 Å². The molecule has 0 radical (unpaired) electrons. The van der Waals surface area contributed by atoms with Crippen LogP contribution in [-0.2, 0) is 39.7 Å². The van der Waals surface area contributed by atoms with Crippen molar-refractivity contribution in [2.24, 2.45) is 23.0 Å². The van der Waals surface area contributed by atoms with E-state index in [0.29, 0.717) is 23.8 Å². The lowest BCUT2D eigenvalue weighted by atomic mass is 9.43. The molecule has 3 saturated carbocycles. The Morgan fingerprint density at radius 1 is 0.859 bits per heavy atom. The molecular formula is C48H74BN7O8. The van der Waals surface area contributed by atoms with Crippen molar-refractivity contribution in [3.8, 4) is 11.1 Å². The minimum absolute atomic E-state index is 0.0302. The van der Waals surface area contributed by atoms with E-state index in [-0.39, 0.29) is 49.7 Å². The number of unbranched alkanes of at least 4 members (excludes halogenated alkanes) is 2. The van der Waals surface area contributed by atoms with E-state index in [9.17, 15) is 28.8 Å². The van der Waals surface area contributed by atoms with Gasteiger partial charge in [0.2, 0.25) is 29.5 Å². The molecule has 4 unspecified atom stereocenters. The number of hydrogen-bond acceptors (Lipinski definition) is 9. The van der Waals surface area contributed by atoms with E-state index >= 15 is 0 Å². The molecule has 2 heterocycles. The topological polar surface area (TPSA) is 219 Å². The maximum atomic E-state index is 13.3. The van der Waals surface area contributed by atoms with E-state index in [4.69, 9.17) is 15.0 Å². The van der Waals surface area contributed by atoms with Crippen LogP contribution < -0.4 is 37.6 Å².